The smallest absolute Gasteiger partial charge is 0.153 e. The minimum absolute atomic E-state index is 0.116. The van der Waals surface area contributed by atoms with Crippen LogP contribution in [0.5, 0.6) is 11.5 Å². The Balaban J connectivity index is 2.16. The normalized spacial score (nSPS) is 20.7. The van der Waals surface area contributed by atoms with Crippen LogP contribution in [-0.2, 0) is 16.2 Å². The predicted molar refractivity (Wildman–Crippen MR) is 112 cm³/mol. The molecule has 27 heavy (non-hydrogen) atoms. The molecular weight excluding hydrogens is 426 g/mol. The van der Waals surface area contributed by atoms with Crippen molar-refractivity contribution >= 4 is 46.4 Å². The first-order valence-electron chi connectivity index (χ1n) is 8.77. The minimum Gasteiger partial charge on any atom is -0.505 e. The highest BCUT2D eigenvalue weighted by Gasteiger charge is 2.59. The van der Waals surface area contributed by atoms with Crippen molar-refractivity contribution in [3.8, 4) is 11.5 Å². The molecule has 6 heteroatoms. The van der Waals surface area contributed by atoms with Gasteiger partial charge in [0.25, 0.3) is 0 Å². The molecule has 4 rings (SSSR count). The number of rotatable bonds is 0. The summed E-state index contributed by atoms with van der Waals surface area (Å²) in [6, 6.07) is 3.61. The molecule has 0 bridgehead atoms. The Morgan fingerprint density at radius 3 is 1.37 bits per heavy atom. The second kappa shape index (κ2) is 5.63. The van der Waals surface area contributed by atoms with Crippen LogP contribution in [0.25, 0.3) is 0 Å². The zero-order valence-corrected chi connectivity index (χ0v) is 18.5. The maximum atomic E-state index is 10.5. The number of hydrogen-bond donors (Lipinski definition) is 2. The molecule has 2 aliphatic carbocycles. The summed E-state index contributed by atoms with van der Waals surface area (Å²) >= 11 is 25.8. The van der Waals surface area contributed by atoms with Gasteiger partial charge in [0.1, 0.15) is 0 Å². The van der Waals surface area contributed by atoms with Crippen LogP contribution < -0.4 is 0 Å². The third-order valence-electron chi connectivity index (χ3n) is 6.29. The van der Waals surface area contributed by atoms with E-state index in [4.69, 9.17) is 46.4 Å². The van der Waals surface area contributed by atoms with Gasteiger partial charge in [0, 0.05) is 5.41 Å². The first-order valence-corrected chi connectivity index (χ1v) is 10.3. The molecule has 0 heterocycles. The van der Waals surface area contributed by atoms with Crippen molar-refractivity contribution < 1.29 is 10.2 Å². The molecule has 2 aromatic rings. The highest BCUT2D eigenvalue weighted by molar-refractivity contribution is 6.39. The van der Waals surface area contributed by atoms with Crippen molar-refractivity contribution in [1.82, 2.24) is 0 Å². The van der Waals surface area contributed by atoms with Gasteiger partial charge >= 0.3 is 0 Å². The van der Waals surface area contributed by atoms with Gasteiger partial charge in [-0.25, -0.2) is 0 Å². The quantitative estimate of drug-likeness (QED) is 0.444. The van der Waals surface area contributed by atoms with Gasteiger partial charge in [-0.2, -0.15) is 0 Å². The molecular formula is C21H20Cl4O2. The van der Waals surface area contributed by atoms with Gasteiger partial charge in [-0.1, -0.05) is 74.1 Å². The zero-order chi connectivity index (χ0) is 20.1. The van der Waals surface area contributed by atoms with Gasteiger partial charge in [0.15, 0.2) is 11.5 Å². The lowest BCUT2D eigenvalue weighted by Gasteiger charge is -2.31. The Kier molecular flexibility index (Phi) is 4.07. The molecule has 144 valence electrons. The van der Waals surface area contributed by atoms with Crippen molar-refractivity contribution in [3.05, 3.63) is 54.5 Å². The standard InChI is InChI=1S/C21H20Cl4O2/c1-19(2)7-21(13-9(19)5-11(22)17(26)15(13)24)8-20(3,4)10-6-12(23)18(27)16(25)14(10)21/h5-6,26-27H,7-8H2,1-4H3. The van der Waals surface area contributed by atoms with E-state index in [0.717, 1.165) is 35.1 Å². The third kappa shape index (κ3) is 2.40. The van der Waals surface area contributed by atoms with Crippen molar-refractivity contribution in [2.24, 2.45) is 0 Å². The fourth-order valence-corrected chi connectivity index (χ4v) is 6.73. The topological polar surface area (TPSA) is 40.5 Å². The lowest BCUT2D eigenvalue weighted by molar-refractivity contribution is 0.349. The van der Waals surface area contributed by atoms with E-state index in [0.29, 0.717) is 0 Å². The summed E-state index contributed by atoms with van der Waals surface area (Å²) in [5.41, 5.74) is 2.72. The van der Waals surface area contributed by atoms with Gasteiger partial charge in [0.05, 0.1) is 20.1 Å². The fourth-order valence-electron chi connectivity index (χ4n) is 5.46. The molecule has 0 atom stereocenters. The van der Waals surface area contributed by atoms with E-state index < -0.39 is 5.41 Å². The Morgan fingerprint density at radius 2 is 1.04 bits per heavy atom. The van der Waals surface area contributed by atoms with Gasteiger partial charge in [-0.05, 0) is 58.1 Å². The van der Waals surface area contributed by atoms with E-state index in [1.165, 1.54) is 0 Å². The van der Waals surface area contributed by atoms with Crippen LogP contribution in [0.3, 0.4) is 0 Å². The Labute approximate surface area is 179 Å². The van der Waals surface area contributed by atoms with Crippen LogP contribution >= 0.6 is 46.4 Å². The monoisotopic (exact) mass is 444 g/mol. The lowest BCUT2D eigenvalue weighted by Crippen LogP contribution is -2.27. The van der Waals surface area contributed by atoms with Crippen LogP contribution in [0.1, 0.15) is 62.8 Å². The van der Waals surface area contributed by atoms with Gasteiger partial charge in [-0.15, -0.1) is 0 Å². The summed E-state index contributed by atoms with van der Waals surface area (Å²) in [6.45, 7) is 8.55. The Morgan fingerprint density at radius 1 is 0.704 bits per heavy atom. The van der Waals surface area contributed by atoms with Gasteiger partial charge in [0.2, 0.25) is 0 Å². The van der Waals surface area contributed by atoms with Crippen molar-refractivity contribution in [2.75, 3.05) is 0 Å². The molecule has 0 saturated heterocycles. The van der Waals surface area contributed by atoms with Crippen LogP contribution in [0.15, 0.2) is 12.1 Å². The van der Waals surface area contributed by atoms with E-state index in [-0.39, 0.29) is 42.4 Å². The number of aromatic hydroxyl groups is 2. The summed E-state index contributed by atoms with van der Waals surface area (Å²) in [5, 5.41) is 21.9. The summed E-state index contributed by atoms with van der Waals surface area (Å²) in [4.78, 5) is 0. The summed E-state index contributed by atoms with van der Waals surface area (Å²) < 4.78 is 0. The molecule has 2 aliphatic rings. The zero-order valence-electron chi connectivity index (χ0n) is 15.5. The van der Waals surface area contributed by atoms with E-state index >= 15 is 0 Å². The van der Waals surface area contributed by atoms with Crippen molar-refractivity contribution in [1.29, 1.82) is 0 Å². The van der Waals surface area contributed by atoms with Gasteiger partial charge in [-0.3, -0.25) is 0 Å². The van der Waals surface area contributed by atoms with Crippen molar-refractivity contribution in [3.63, 3.8) is 0 Å². The van der Waals surface area contributed by atoms with E-state index in [1.54, 1.807) is 0 Å². The number of halogens is 4. The molecule has 2 nitrogen and oxygen atoms in total. The number of phenolic OH excluding ortho intramolecular Hbond substituents is 2. The first-order chi connectivity index (χ1) is 12.3. The Bertz CT molecular complexity index is 927. The maximum Gasteiger partial charge on any atom is 0.153 e. The maximum absolute atomic E-state index is 10.5. The summed E-state index contributed by atoms with van der Waals surface area (Å²) in [5.74, 6) is -0.232. The molecule has 0 fully saturated rings. The lowest BCUT2D eigenvalue weighted by atomic mass is 9.72. The van der Waals surface area contributed by atoms with E-state index in [2.05, 4.69) is 27.7 Å². The minimum atomic E-state index is -0.532. The van der Waals surface area contributed by atoms with Gasteiger partial charge < -0.3 is 10.2 Å². The van der Waals surface area contributed by atoms with Crippen LogP contribution in [-0.4, -0.2) is 10.2 Å². The van der Waals surface area contributed by atoms with E-state index in [1.807, 2.05) is 12.1 Å². The SMILES string of the molecule is CC1(C)CC2(CC(C)(C)c3cc(Cl)c(O)c(Cl)c32)c2c1cc(Cl)c(O)c2Cl. The molecule has 0 radical (unpaired) electrons. The first kappa shape index (κ1) is 19.5. The molecule has 1 spiro atoms. The second-order valence-corrected chi connectivity index (χ2v) is 10.7. The van der Waals surface area contributed by atoms with Crippen molar-refractivity contribution in [2.45, 2.75) is 56.8 Å². The second-order valence-electron chi connectivity index (χ2n) is 9.09. The number of hydrogen-bond acceptors (Lipinski definition) is 2. The molecule has 2 N–H and O–H groups in total. The Hall–Kier alpha value is -0.800. The predicted octanol–water partition coefficient (Wildman–Crippen LogP) is 7.36. The third-order valence-corrected chi connectivity index (χ3v) is 7.60. The number of fused-ring (bicyclic) bond motifs is 4. The summed E-state index contributed by atoms with van der Waals surface area (Å²) in [7, 11) is 0. The average Bonchev–Trinajstić information content (AvgIpc) is 2.89. The summed E-state index contributed by atoms with van der Waals surface area (Å²) in [6.07, 6.45) is 1.48. The highest BCUT2D eigenvalue weighted by atomic mass is 35.5. The van der Waals surface area contributed by atoms with Crippen LogP contribution in [0.4, 0.5) is 0 Å². The largest absolute Gasteiger partial charge is 0.505 e. The van der Waals surface area contributed by atoms with E-state index in [9.17, 15) is 10.2 Å². The number of phenols is 2. The highest BCUT2D eigenvalue weighted by Crippen LogP contribution is 2.67. The van der Waals surface area contributed by atoms with Crippen LogP contribution in [0, 0.1) is 0 Å². The van der Waals surface area contributed by atoms with Crippen LogP contribution in [0.2, 0.25) is 20.1 Å². The average molecular weight is 446 g/mol. The molecule has 2 aromatic carbocycles. The molecule has 0 aliphatic heterocycles. The fraction of sp³-hybridized carbons (Fsp3) is 0.429. The molecule has 0 unspecified atom stereocenters. The molecule has 0 aromatic heterocycles. The molecule has 0 amide bonds. The molecule has 0 saturated carbocycles. The number of benzene rings is 2.